The molecule has 2 fully saturated rings. The highest BCUT2D eigenvalue weighted by atomic mass is 16.3. The Balaban J connectivity index is 1.77. The summed E-state index contributed by atoms with van der Waals surface area (Å²) in [6.07, 6.45) is 5.37. The number of nitrogen functional groups attached to an aromatic ring is 1. The van der Waals surface area contributed by atoms with Gasteiger partial charge >= 0.3 is 0 Å². The Bertz CT molecular complexity index is 437. The molecule has 0 amide bonds. The summed E-state index contributed by atoms with van der Waals surface area (Å²) in [5.74, 6) is 1.91. The average Bonchev–Trinajstić information content (AvgIpc) is 2.37. The van der Waals surface area contributed by atoms with Crippen LogP contribution in [0.25, 0.3) is 0 Å². The first-order valence-electron chi connectivity index (χ1n) is 6.87. The van der Waals surface area contributed by atoms with Crippen LogP contribution in [0.2, 0.25) is 0 Å². The number of hydrogen-bond donors (Lipinski definition) is 2. The summed E-state index contributed by atoms with van der Waals surface area (Å²) in [4.78, 5) is 6.64. The predicted molar refractivity (Wildman–Crippen MR) is 72.4 cm³/mol. The van der Waals surface area contributed by atoms with E-state index in [0.29, 0.717) is 11.7 Å². The van der Waals surface area contributed by atoms with Crippen LogP contribution >= 0.6 is 0 Å². The fourth-order valence-corrected chi connectivity index (χ4v) is 3.39. The molecule has 1 saturated carbocycles. The molecule has 2 heterocycles. The Kier molecular flexibility index (Phi) is 2.90. The number of fused-ring (bicyclic) bond motifs is 1. The minimum atomic E-state index is -0.422. The Labute approximate surface area is 108 Å². The minimum Gasteiger partial charge on any atom is -0.389 e. The van der Waals surface area contributed by atoms with Crippen molar-refractivity contribution >= 4 is 11.6 Å². The molecule has 4 nitrogen and oxygen atoms in total. The molecule has 98 valence electrons. The molecule has 1 aromatic rings. The normalized spacial score (nSPS) is 32.1. The van der Waals surface area contributed by atoms with Crippen molar-refractivity contribution in [2.24, 2.45) is 5.92 Å². The highest BCUT2D eigenvalue weighted by Gasteiger charge is 2.42. The molecule has 0 bridgehead atoms. The fourth-order valence-electron chi connectivity index (χ4n) is 3.39. The van der Waals surface area contributed by atoms with Gasteiger partial charge in [-0.05, 0) is 31.4 Å². The summed E-state index contributed by atoms with van der Waals surface area (Å²) in [6.45, 7) is 1.79. The van der Waals surface area contributed by atoms with E-state index < -0.39 is 5.60 Å². The zero-order chi connectivity index (χ0) is 12.6. The van der Waals surface area contributed by atoms with Crippen LogP contribution in [-0.4, -0.2) is 28.8 Å². The molecule has 1 aromatic heterocycles. The van der Waals surface area contributed by atoms with Crippen LogP contribution in [0.1, 0.15) is 32.1 Å². The highest BCUT2D eigenvalue weighted by Crippen LogP contribution is 2.40. The van der Waals surface area contributed by atoms with Gasteiger partial charge in [-0.1, -0.05) is 18.9 Å². The molecule has 18 heavy (non-hydrogen) atoms. The smallest absolute Gasteiger partial charge is 0.130 e. The summed E-state index contributed by atoms with van der Waals surface area (Å²) >= 11 is 0. The lowest BCUT2D eigenvalue weighted by Crippen LogP contribution is -2.53. The summed E-state index contributed by atoms with van der Waals surface area (Å²) in [7, 11) is 0. The number of pyridine rings is 1. The molecule has 2 aliphatic rings. The van der Waals surface area contributed by atoms with Crippen LogP contribution in [0.4, 0.5) is 11.6 Å². The average molecular weight is 247 g/mol. The summed E-state index contributed by atoms with van der Waals surface area (Å²) in [5.41, 5.74) is 5.31. The van der Waals surface area contributed by atoms with Gasteiger partial charge in [0.1, 0.15) is 11.6 Å². The lowest BCUT2D eigenvalue weighted by molar-refractivity contribution is -0.0613. The molecular weight excluding hydrogens is 226 g/mol. The third-order valence-electron chi connectivity index (χ3n) is 4.51. The van der Waals surface area contributed by atoms with Crippen LogP contribution < -0.4 is 10.6 Å². The second-order valence-corrected chi connectivity index (χ2v) is 5.66. The second kappa shape index (κ2) is 4.43. The van der Waals surface area contributed by atoms with Crippen LogP contribution in [0.5, 0.6) is 0 Å². The van der Waals surface area contributed by atoms with Crippen molar-refractivity contribution < 1.29 is 5.11 Å². The van der Waals surface area contributed by atoms with Gasteiger partial charge in [0, 0.05) is 19.0 Å². The molecule has 3 N–H and O–H groups in total. The highest BCUT2D eigenvalue weighted by molar-refractivity contribution is 5.45. The van der Waals surface area contributed by atoms with Crippen molar-refractivity contribution in [1.29, 1.82) is 0 Å². The Hall–Kier alpha value is -1.29. The maximum atomic E-state index is 10.6. The quantitative estimate of drug-likeness (QED) is 0.794. The molecule has 0 spiro atoms. The number of rotatable bonds is 1. The van der Waals surface area contributed by atoms with E-state index in [1.807, 2.05) is 18.2 Å². The van der Waals surface area contributed by atoms with Crippen LogP contribution in [0.3, 0.4) is 0 Å². The lowest BCUT2D eigenvalue weighted by Gasteiger charge is -2.47. The van der Waals surface area contributed by atoms with E-state index >= 15 is 0 Å². The summed E-state index contributed by atoms with van der Waals surface area (Å²) < 4.78 is 0. The van der Waals surface area contributed by atoms with Crippen molar-refractivity contribution in [3.63, 3.8) is 0 Å². The first kappa shape index (κ1) is 11.8. The van der Waals surface area contributed by atoms with Gasteiger partial charge in [-0.25, -0.2) is 4.98 Å². The Morgan fingerprint density at radius 1 is 1.33 bits per heavy atom. The zero-order valence-corrected chi connectivity index (χ0v) is 10.7. The van der Waals surface area contributed by atoms with Crippen molar-refractivity contribution in [2.45, 2.75) is 37.7 Å². The van der Waals surface area contributed by atoms with Crippen LogP contribution in [0.15, 0.2) is 18.2 Å². The first-order chi connectivity index (χ1) is 8.67. The molecule has 1 aliphatic heterocycles. The van der Waals surface area contributed by atoms with Gasteiger partial charge in [0.25, 0.3) is 0 Å². The maximum absolute atomic E-state index is 10.6. The van der Waals surface area contributed by atoms with E-state index in [2.05, 4.69) is 9.88 Å². The maximum Gasteiger partial charge on any atom is 0.130 e. The van der Waals surface area contributed by atoms with Gasteiger partial charge in [0.2, 0.25) is 0 Å². The molecule has 4 heteroatoms. The molecule has 1 aliphatic carbocycles. The fraction of sp³-hybridized carbons (Fsp3) is 0.643. The molecule has 2 atom stereocenters. The van der Waals surface area contributed by atoms with Crippen LogP contribution in [0, 0.1) is 5.92 Å². The van der Waals surface area contributed by atoms with E-state index in [1.54, 1.807) is 0 Å². The number of anilines is 2. The second-order valence-electron chi connectivity index (χ2n) is 5.66. The summed E-state index contributed by atoms with van der Waals surface area (Å²) in [5, 5.41) is 10.6. The van der Waals surface area contributed by atoms with Crippen molar-refractivity contribution in [3.8, 4) is 0 Å². The third kappa shape index (κ3) is 2.05. The van der Waals surface area contributed by atoms with Gasteiger partial charge < -0.3 is 15.7 Å². The van der Waals surface area contributed by atoms with Gasteiger partial charge in [0.05, 0.1) is 5.60 Å². The first-order valence-corrected chi connectivity index (χ1v) is 6.87. The lowest BCUT2D eigenvalue weighted by atomic mass is 9.71. The van der Waals surface area contributed by atoms with Crippen molar-refractivity contribution in [1.82, 2.24) is 4.98 Å². The number of nitrogens with zero attached hydrogens (tertiary/aromatic N) is 2. The van der Waals surface area contributed by atoms with E-state index in [-0.39, 0.29) is 0 Å². The van der Waals surface area contributed by atoms with E-state index in [0.717, 1.165) is 38.2 Å². The minimum absolute atomic E-state index is 0.392. The topological polar surface area (TPSA) is 62.4 Å². The number of nitrogens with two attached hydrogens (primary N) is 1. The van der Waals surface area contributed by atoms with E-state index in [1.165, 1.54) is 12.8 Å². The number of piperidine rings is 1. The number of aromatic nitrogens is 1. The number of aliphatic hydroxyl groups is 1. The van der Waals surface area contributed by atoms with E-state index in [9.17, 15) is 5.11 Å². The zero-order valence-electron chi connectivity index (χ0n) is 10.7. The molecule has 0 radical (unpaired) electrons. The number of hydrogen-bond acceptors (Lipinski definition) is 4. The molecule has 1 saturated heterocycles. The van der Waals surface area contributed by atoms with Gasteiger partial charge in [-0.2, -0.15) is 0 Å². The van der Waals surface area contributed by atoms with E-state index in [4.69, 9.17) is 5.73 Å². The molecule has 2 unspecified atom stereocenters. The molecule has 3 rings (SSSR count). The van der Waals surface area contributed by atoms with Gasteiger partial charge in [0.15, 0.2) is 0 Å². The van der Waals surface area contributed by atoms with Crippen molar-refractivity contribution in [3.05, 3.63) is 18.2 Å². The van der Waals surface area contributed by atoms with Gasteiger partial charge in [-0.3, -0.25) is 0 Å². The standard InChI is InChI=1S/C14H21N3O/c15-12-5-3-6-13(16-12)17-9-8-14(18)7-2-1-4-11(14)10-17/h3,5-6,11,18H,1-2,4,7-10H2,(H2,15,16). The Morgan fingerprint density at radius 2 is 2.22 bits per heavy atom. The van der Waals surface area contributed by atoms with Gasteiger partial charge in [-0.15, -0.1) is 0 Å². The monoisotopic (exact) mass is 247 g/mol. The third-order valence-corrected chi connectivity index (χ3v) is 4.51. The largest absolute Gasteiger partial charge is 0.389 e. The SMILES string of the molecule is Nc1cccc(N2CCC3(O)CCCCC3C2)n1. The summed E-state index contributed by atoms with van der Waals surface area (Å²) in [6, 6.07) is 5.76. The molecular formula is C14H21N3O. The predicted octanol–water partition coefficient (Wildman–Crippen LogP) is 1.80. The molecule has 0 aromatic carbocycles. The van der Waals surface area contributed by atoms with Crippen molar-refractivity contribution in [2.75, 3.05) is 23.7 Å². The Morgan fingerprint density at radius 3 is 3.06 bits per heavy atom. The van der Waals surface area contributed by atoms with Crippen LogP contribution in [-0.2, 0) is 0 Å².